The molecule has 1 aliphatic rings. The van der Waals surface area contributed by atoms with Gasteiger partial charge in [-0.1, -0.05) is 23.4 Å². The van der Waals surface area contributed by atoms with Gasteiger partial charge in [0.05, 0.1) is 5.75 Å². The van der Waals surface area contributed by atoms with Crippen LogP contribution in [0.4, 0.5) is 0 Å². The third-order valence-electron chi connectivity index (χ3n) is 3.98. The van der Waals surface area contributed by atoms with E-state index >= 15 is 0 Å². The molecule has 2 aromatic heterocycles. The molecular weight excluding hydrogens is 378 g/mol. The van der Waals surface area contributed by atoms with Crippen LogP contribution in [0.5, 0.6) is 0 Å². The van der Waals surface area contributed by atoms with Gasteiger partial charge in [-0.15, -0.1) is 21.5 Å². The lowest BCUT2D eigenvalue weighted by Crippen LogP contribution is -2.36. The molecule has 0 saturated heterocycles. The molecule has 8 heteroatoms. The zero-order chi connectivity index (χ0) is 17.2. The molecule has 128 valence electrons. The van der Waals surface area contributed by atoms with Gasteiger partial charge in [0.1, 0.15) is 0 Å². The lowest BCUT2D eigenvalue weighted by Gasteiger charge is -2.26. The first-order valence-electron chi connectivity index (χ1n) is 7.74. The van der Waals surface area contributed by atoms with E-state index in [2.05, 4.69) is 21.6 Å². The monoisotopic (exact) mass is 391 g/mol. The van der Waals surface area contributed by atoms with Gasteiger partial charge in [-0.05, 0) is 47.7 Å². The molecule has 0 unspecified atom stereocenters. The molecule has 0 spiro atoms. The van der Waals surface area contributed by atoms with Gasteiger partial charge >= 0.3 is 0 Å². The highest BCUT2D eigenvalue weighted by Gasteiger charge is 2.22. The number of thioether (sulfide) groups is 1. The minimum absolute atomic E-state index is 0.0908. The van der Waals surface area contributed by atoms with Crippen molar-refractivity contribution in [1.29, 1.82) is 0 Å². The van der Waals surface area contributed by atoms with Gasteiger partial charge < -0.3 is 9.32 Å². The first-order valence-corrected chi connectivity index (χ1v) is 9.98. The predicted molar refractivity (Wildman–Crippen MR) is 98.9 cm³/mol. The zero-order valence-corrected chi connectivity index (χ0v) is 15.5. The molecule has 25 heavy (non-hydrogen) atoms. The lowest BCUT2D eigenvalue weighted by atomic mass is 10.1. The fraction of sp³-hybridized carbons (Fsp3) is 0.235. The average Bonchev–Trinajstić information content (AvgIpc) is 3.29. The lowest BCUT2D eigenvalue weighted by molar-refractivity contribution is -0.129. The van der Waals surface area contributed by atoms with Crippen LogP contribution in [0.1, 0.15) is 10.4 Å². The molecule has 0 N–H and O–H groups in total. The van der Waals surface area contributed by atoms with Gasteiger partial charge in [0.25, 0.3) is 5.22 Å². The normalized spacial score (nSPS) is 13.7. The smallest absolute Gasteiger partial charge is 0.277 e. The predicted octanol–water partition coefficient (Wildman–Crippen LogP) is 4.13. The van der Waals surface area contributed by atoms with Gasteiger partial charge in [-0.2, -0.15) is 0 Å². The van der Waals surface area contributed by atoms with Crippen molar-refractivity contribution in [2.45, 2.75) is 18.2 Å². The largest absolute Gasteiger partial charge is 0.411 e. The summed E-state index contributed by atoms with van der Waals surface area (Å²) in [6.45, 7) is 1.46. The maximum atomic E-state index is 12.4. The van der Waals surface area contributed by atoms with Crippen molar-refractivity contribution >= 4 is 40.6 Å². The van der Waals surface area contributed by atoms with E-state index in [9.17, 15) is 4.79 Å². The van der Waals surface area contributed by atoms with Crippen molar-refractivity contribution in [2.75, 3.05) is 12.3 Å². The topological polar surface area (TPSA) is 59.2 Å². The summed E-state index contributed by atoms with van der Waals surface area (Å²) in [5.74, 6) is 0.808. The minimum Gasteiger partial charge on any atom is -0.411 e. The van der Waals surface area contributed by atoms with Crippen LogP contribution >= 0.6 is 34.7 Å². The summed E-state index contributed by atoms with van der Waals surface area (Å²) in [6.07, 6.45) is 0.935. The van der Waals surface area contributed by atoms with E-state index < -0.39 is 0 Å². The molecule has 3 heterocycles. The summed E-state index contributed by atoms with van der Waals surface area (Å²) < 4.78 is 5.62. The number of hydrogen-bond acceptors (Lipinski definition) is 6. The molecular formula is C17H14ClN3O2S2. The Bertz CT molecular complexity index is 891. The van der Waals surface area contributed by atoms with Crippen LogP contribution < -0.4 is 0 Å². The maximum absolute atomic E-state index is 12.4. The zero-order valence-electron chi connectivity index (χ0n) is 13.1. The second-order valence-electron chi connectivity index (χ2n) is 5.60. The molecule has 3 aromatic rings. The SMILES string of the molecule is O=C(CSc1nnc(-c2ccc(Cl)cc2)o1)N1CCc2sccc2C1. The van der Waals surface area contributed by atoms with Gasteiger partial charge in [0.2, 0.25) is 11.8 Å². The van der Waals surface area contributed by atoms with Crippen molar-refractivity contribution in [1.82, 2.24) is 15.1 Å². The van der Waals surface area contributed by atoms with Gasteiger partial charge in [0.15, 0.2) is 0 Å². The Kier molecular flexibility index (Phi) is 4.78. The maximum Gasteiger partial charge on any atom is 0.277 e. The van der Waals surface area contributed by atoms with Gasteiger partial charge in [0, 0.05) is 28.6 Å². The Morgan fingerprint density at radius 1 is 1.28 bits per heavy atom. The molecule has 0 fully saturated rings. The number of halogens is 1. The second kappa shape index (κ2) is 7.19. The summed E-state index contributed by atoms with van der Waals surface area (Å²) >= 11 is 8.91. The Balaban J connectivity index is 1.36. The summed E-state index contributed by atoms with van der Waals surface area (Å²) in [6, 6.07) is 9.28. The number of aromatic nitrogens is 2. The number of benzene rings is 1. The highest BCUT2D eigenvalue weighted by molar-refractivity contribution is 7.99. The van der Waals surface area contributed by atoms with Crippen LogP contribution in [0.3, 0.4) is 0 Å². The number of thiophene rings is 1. The van der Waals surface area contributed by atoms with Crippen molar-refractivity contribution in [3.05, 3.63) is 51.2 Å². The second-order valence-corrected chi connectivity index (χ2v) is 7.97. The van der Waals surface area contributed by atoms with E-state index in [1.165, 1.54) is 22.2 Å². The van der Waals surface area contributed by atoms with Crippen LogP contribution in [-0.2, 0) is 17.8 Å². The average molecular weight is 392 g/mol. The van der Waals surface area contributed by atoms with E-state index in [0.717, 1.165) is 18.5 Å². The summed E-state index contributed by atoms with van der Waals surface area (Å²) in [4.78, 5) is 15.7. The van der Waals surface area contributed by atoms with E-state index in [1.807, 2.05) is 17.0 Å². The highest BCUT2D eigenvalue weighted by Crippen LogP contribution is 2.27. The number of rotatable bonds is 4. The molecule has 0 radical (unpaired) electrons. The Labute approximate surface area is 158 Å². The van der Waals surface area contributed by atoms with Crippen LogP contribution in [0.15, 0.2) is 45.4 Å². The molecule has 1 aromatic carbocycles. The molecule has 1 amide bonds. The first kappa shape index (κ1) is 16.6. The molecule has 5 nitrogen and oxygen atoms in total. The third kappa shape index (κ3) is 3.73. The minimum atomic E-state index is 0.0908. The number of carbonyl (C=O) groups is 1. The summed E-state index contributed by atoms with van der Waals surface area (Å²) in [5, 5.41) is 11.2. The van der Waals surface area contributed by atoms with E-state index in [0.29, 0.717) is 28.4 Å². The highest BCUT2D eigenvalue weighted by atomic mass is 35.5. The van der Waals surface area contributed by atoms with Crippen molar-refractivity contribution in [3.8, 4) is 11.5 Å². The van der Waals surface area contributed by atoms with E-state index in [1.54, 1.807) is 23.5 Å². The van der Waals surface area contributed by atoms with Crippen LogP contribution in [0.2, 0.25) is 5.02 Å². The first-order chi connectivity index (χ1) is 12.2. The number of amides is 1. The summed E-state index contributed by atoms with van der Waals surface area (Å²) in [7, 11) is 0. The fourth-order valence-electron chi connectivity index (χ4n) is 2.65. The standard InChI is InChI=1S/C17H14ClN3O2S2/c18-13-3-1-11(2-4-13)16-19-20-17(23-16)25-10-15(22)21-7-5-14-12(9-21)6-8-24-14/h1-4,6,8H,5,7,9-10H2. The van der Waals surface area contributed by atoms with E-state index in [4.69, 9.17) is 16.0 Å². The third-order valence-corrected chi connectivity index (χ3v) is 6.06. The fourth-order valence-corrected chi connectivity index (χ4v) is 4.33. The number of nitrogens with zero attached hydrogens (tertiary/aromatic N) is 3. The van der Waals surface area contributed by atoms with Crippen LogP contribution in [0.25, 0.3) is 11.5 Å². The van der Waals surface area contributed by atoms with Crippen LogP contribution in [-0.4, -0.2) is 33.3 Å². The van der Waals surface area contributed by atoms with Crippen molar-refractivity contribution in [2.24, 2.45) is 0 Å². The van der Waals surface area contributed by atoms with E-state index in [-0.39, 0.29) is 5.91 Å². The molecule has 0 saturated carbocycles. The molecule has 0 bridgehead atoms. The Morgan fingerprint density at radius 3 is 2.96 bits per heavy atom. The number of hydrogen-bond donors (Lipinski definition) is 0. The van der Waals surface area contributed by atoms with Crippen molar-refractivity contribution < 1.29 is 9.21 Å². The number of fused-ring (bicyclic) bond motifs is 1. The van der Waals surface area contributed by atoms with Crippen molar-refractivity contribution in [3.63, 3.8) is 0 Å². The molecule has 0 atom stereocenters. The van der Waals surface area contributed by atoms with Gasteiger partial charge in [-0.3, -0.25) is 4.79 Å². The summed E-state index contributed by atoms with van der Waals surface area (Å²) in [5.41, 5.74) is 2.06. The van der Waals surface area contributed by atoms with Crippen LogP contribution in [0, 0.1) is 0 Å². The Morgan fingerprint density at radius 2 is 2.12 bits per heavy atom. The quantitative estimate of drug-likeness (QED) is 0.626. The molecule has 4 rings (SSSR count). The Hall–Kier alpha value is -1.83. The molecule has 1 aliphatic heterocycles. The molecule has 0 aliphatic carbocycles. The van der Waals surface area contributed by atoms with Gasteiger partial charge in [-0.25, -0.2) is 0 Å². The number of carbonyl (C=O) groups excluding carboxylic acids is 1.